The lowest BCUT2D eigenvalue weighted by atomic mass is 9.98. The molecule has 0 aliphatic heterocycles. The second kappa shape index (κ2) is 12.2. The van der Waals surface area contributed by atoms with Crippen molar-refractivity contribution in [2.45, 2.75) is 39.7 Å². The number of carbonyl (C=O) groups excluding carboxylic acids is 1. The molecule has 7 heteroatoms. The van der Waals surface area contributed by atoms with Gasteiger partial charge in [-0.25, -0.2) is 14.2 Å². The van der Waals surface area contributed by atoms with Gasteiger partial charge in [0.1, 0.15) is 11.6 Å². The Labute approximate surface area is 238 Å². The molecule has 0 aliphatic rings. The third-order valence-electron chi connectivity index (χ3n) is 7.23. The summed E-state index contributed by atoms with van der Waals surface area (Å²) in [4.78, 5) is 29.7. The van der Waals surface area contributed by atoms with Gasteiger partial charge in [-0.05, 0) is 77.9 Å². The van der Waals surface area contributed by atoms with Gasteiger partial charge in [-0.3, -0.25) is 4.79 Å². The lowest BCUT2D eigenvalue weighted by molar-refractivity contribution is 0.0697. The number of carboxylic acids is 1. The Bertz CT molecular complexity index is 1710. The number of benzene rings is 4. The SMILES string of the molecule is CCCc1nc2c(C)cc(C(=O)NCCc3ccc(F)cc3)cc2n1Cc1ccc(-c2ccccc2C(=O)O)cc1. The Balaban J connectivity index is 1.40. The summed E-state index contributed by atoms with van der Waals surface area (Å²) in [6.07, 6.45) is 2.35. The second-order valence-corrected chi connectivity index (χ2v) is 10.2. The smallest absolute Gasteiger partial charge is 0.336 e. The summed E-state index contributed by atoms with van der Waals surface area (Å²) in [5.74, 6) is -0.437. The van der Waals surface area contributed by atoms with Crippen molar-refractivity contribution in [1.29, 1.82) is 0 Å². The van der Waals surface area contributed by atoms with Crippen LogP contribution in [0.2, 0.25) is 0 Å². The number of halogens is 1. The van der Waals surface area contributed by atoms with Gasteiger partial charge in [0.05, 0.1) is 16.6 Å². The number of nitrogens with one attached hydrogen (secondary N) is 1. The molecular formula is C34H32FN3O3. The first kappa shape index (κ1) is 27.8. The molecule has 0 saturated heterocycles. The summed E-state index contributed by atoms with van der Waals surface area (Å²) in [6, 6.07) is 25.0. The van der Waals surface area contributed by atoms with Gasteiger partial charge in [0.15, 0.2) is 0 Å². The van der Waals surface area contributed by atoms with Crippen LogP contribution in [-0.4, -0.2) is 33.1 Å². The molecule has 5 rings (SSSR count). The van der Waals surface area contributed by atoms with Crippen LogP contribution in [0.5, 0.6) is 0 Å². The fourth-order valence-electron chi connectivity index (χ4n) is 5.13. The van der Waals surface area contributed by atoms with Crippen LogP contribution < -0.4 is 5.32 Å². The van der Waals surface area contributed by atoms with E-state index in [1.165, 1.54) is 12.1 Å². The number of imidazole rings is 1. The van der Waals surface area contributed by atoms with E-state index in [2.05, 4.69) is 16.8 Å². The Morgan fingerprint density at radius 3 is 2.34 bits per heavy atom. The van der Waals surface area contributed by atoms with Crippen LogP contribution in [0.3, 0.4) is 0 Å². The third kappa shape index (κ3) is 6.19. The molecule has 1 amide bonds. The monoisotopic (exact) mass is 549 g/mol. The number of hydrogen-bond donors (Lipinski definition) is 2. The number of carbonyl (C=O) groups is 2. The van der Waals surface area contributed by atoms with E-state index in [4.69, 9.17) is 4.98 Å². The van der Waals surface area contributed by atoms with Crippen LogP contribution in [-0.2, 0) is 19.4 Å². The Morgan fingerprint density at radius 2 is 1.63 bits per heavy atom. The number of nitrogens with zero attached hydrogens (tertiary/aromatic N) is 2. The Morgan fingerprint density at radius 1 is 0.927 bits per heavy atom. The number of rotatable bonds is 10. The number of amides is 1. The molecule has 0 saturated carbocycles. The zero-order valence-electron chi connectivity index (χ0n) is 23.2. The van der Waals surface area contributed by atoms with Gasteiger partial charge in [0, 0.05) is 25.1 Å². The van der Waals surface area contributed by atoms with Gasteiger partial charge in [-0.2, -0.15) is 0 Å². The first-order valence-corrected chi connectivity index (χ1v) is 13.8. The zero-order chi connectivity index (χ0) is 28.9. The Kier molecular flexibility index (Phi) is 8.24. The minimum atomic E-state index is -0.954. The molecule has 1 heterocycles. The standard InChI is InChI=1S/C34H32FN3O3/c1-3-6-31-37-32-22(2)19-26(33(39)36-18-17-23-11-15-27(35)16-12-23)20-30(32)38(31)21-24-9-13-25(14-10-24)28-7-4-5-8-29(28)34(40)41/h4-5,7-16,19-20H,3,6,17-18,21H2,1-2H3,(H,36,39)(H,40,41). The zero-order valence-corrected chi connectivity index (χ0v) is 23.2. The van der Waals surface area contributed by atoms with Crippen molar-refractivity contribution in [2.24, 2.45) is 0 Å². The highest BCUT2D eigenvalue weighted by Crippen LogP contribution is 2.27. The van der Waals surface area contributed by atoms with Gasteiger partial charge < -0.3 is 15.0 Å². The van der Waals surface area contributed by atoms with E-state index in [1.807, 2.05) is 55.5 Å². The van der Waals surface area contributed by atoms with Crippen LogP contribution in [0, 0.1) is 12.7 Å². The first-order chi connectivity index (χ1) is 19.8. The molecule has 6 nitrogen and oxygen atoms in total. The lowest BCUT2D eigenvalue weighted by Gasteiger charge is -2.12. The maximum atomic E-state index is 13.2. The number of fused-ring (bicyclic) bond motifs is 1. The van der Waals surface area contributed by atoms with E-state index < -0.39 is 5.97 Å². The maximum absolute atomic E-state index is 13.2. The molecule has 2 N–H and O–H groups in total. The molecule has 0 aliphatic carbocycles. The molecule has 4 aromatic carbocycles. The van der Waals surface area contributed by atoms with E-state index in [-0.39, 0.29) is 17.3 Å². The number of aromatic nitrogens is 2. The molecule has 41 heavy (non-hydrogen) atoms. The summed E-state index contributed by atoms with van der Waals surface area (Å²) < 4.78 is 15.3. The molecule has 0 radical (unpaired) electrons. The van der Waals surface area contributed by atoms with Gasteiger partial charge >= 0.3 is 5.97 Å². The molecule has 0 unspecified atom stereocenters. The average Bonchev–Trinajstić information content (AvgIpc) is 3.32. The molecule has 1 aromatic heterocycles. The minimum Gasteiger partial charge on any atom is -0.478 e. The number of hydrogen-bond acceptors (Lipinski definition) is 3. The molecule has 0 fully saturated rings. The average molecular weight is 550 g/mol. The van der Waals surface area contributed by atoms with Crippen molar-refractivity contribution in [2.75, 3.05) is 6.54 Å². The highest BCUT2D eigenvalue weighted by atomic mass is 19.1. The highest BCUT2D eigenvalue weighted by molar-refractivity contribution is 5.98. The van der Waals surface area contributed by atoms with E-state index in [9.17, 15) is 19.1 Å². The topological polar surface area (TPSA) is 84.2 Å². The van der Waals surface area contributed by atoms with E-state index in [0.717, 1.165) is 52.0 Å². The summed E-state index contributed by atoms with van der Waals surface area (Å²) in [5.41, 5.74) is 7.07. The van der Waals surface area contributed by atoms with Gasteiger partial charge in [-0.15, -0.1) is 0 Å². The van der Waals surface area contributed by atoms with Crippen molar-refractivity contribution in [3.63, 3.8) is 0 Å². The van der Waals surface area contributed by atoms with Crippen molar-refractivity contribution in [3.8, 4) is 11.1 Å². The highest BCUT2D eigenvalue weighted by Gasteiger charge is 2.17. The van der Waals surface area contributed by atoms with Crippen LogP contribution in [0.15, 0.2) is 84.9 Å². The quantitative estimate of drug-likeness (QED) is 0.200. The predicted octanol–water partition coefficient (Wildman–Crippen LogP) is 6.82. The summed E-state index contributed by atoms with van der Waals surface area (Å²) >= 11 is 0. The van der Waals surface area contributed by atoms with Crippen LogP contribution in [0.4, 0.5) is 4.39 Å². The summed E-state index contributed by atoms with van der Waals surface area (Å²) in [5, 5.41) is 12.6. The molecular weight excluding hydrogens is 517 g/mol. The summed E-state index contributed by atoms with van der Waals surface area (Å²) in [6.45, 7) is 5.10. The van der Waals surface area contributed by atoms with Crippen LogP contribution >= 0.6 is 0 Å². The minimum absolute atomic E-state index is 0.164. The fourth-order valence-corrected chi connectivity index (χ4v) is 5.13. The van der Waals surface area contributed by atoms with Crippen molar-refractivity contribution >= 4 is 22.9 Å². The van der Waals surface area contributed by atoms with Gasteiger partial charge in [0.25, 0.3) is 5.91 Å². The second-order valence-electron chi connectivity index (χ2n) is 10.2. The molecule has 0 atom stereocenters. The van der Waals surface area contributed by atoms with Crippen LogP contribution in [0.25, 0.3) is 22.2 Å². The van der Waals surface area contributed by atoms with Crippen molar-refractivity contribution in [3.05, 3.63) is 124 Å². The third-order valence-corrected chi connectivity index (χ3v) is 7.23. The lowest BCUT2D eigenvalue weighted by Crippen LogP contribution is -2.25. The molecule has 208 valence electrons. The molecule has 0 bridgehead atoms. The Hall–Kier alpha value is -4.78. The van der Waals surface area contributed by atoms with Crippen molar-refractivity contribution in [1.82, 2.24) is 14.9 Å². The van der Waals surface area contributed by atoms with E-state index in [1.54, 1.807) is 24.3 Å². The maximum Gasteiger partial charge on any atom is 0.336 e. The van der Waals surface area contributed by atoms with E-state index >= 15 is 0 Å². The molecule has 5 aromatic rings. The van der Waals surface area contributed by atoms with E-state index in [0.29, 0.717) is 30.6 Å². The molecule has 0 spiro atoms. The van der Waals surface area contributed by atoms with Crippen LogP contribution in [0.1, 0.15) is 56.6 Å². The number of aryl methyl sites for hydroxylation is 2. The van der Waals surface area contributed by atoms with Gasteiger partial charge in [-0.1, -0.05) is 61.5 Å². The fraction of sp³-hybridized carbons (Fsp3) is 0.206. The van der Waals surface area contributed by atoms with Crippen molar-refractivity contribution < 1.29 is 19.1 Å². The normalized spacial score (nSPS) is 11.1. The van der Waals surface area contributed by atoms with Gasteiger partial charge in [0.2, 0.25) is 0 Å². The predicted molar refractivity (Wildman–Crippen MR) is 159 cm³/mol. The largest absolute Gasteiger partial charge is 0.478 e. The number of aromatic carboxylic acids is 1. The number of carboxylic acid groups (broad SMARTS) is 1. The summed E-state index contributed by atoms with van der Waals surface area (Å²) in [7, 11) is 0. The first-order valence-electron chi connectivity index (χ1n) is 13.8.